The summed E-state index contributed by atoms with van der Waals surface area (Å²) in [6.45, 7) is 6.80. The maximum absolute atomic E-state index is 11.3. The number of carbonyl (C=O) groups is 1. The summed E-state index contributed by atoms with van der Waals surface area (Å²) in [5.41, 5.74) is 0.503. The van der Waals surface area contributed by atoms with E-state index in [1.165, 1.54) is 32.8 Å². The van der Waals surface area contributed by atoms with E-state index in [1.54, 1.807) is 0 Å². The summed E-state index contributed by atoms with van der Waals surface area (Å²) >= 11 is 0. The molecular formula is C14H27NO2. The topological polar surface area (TPSA) is 29.5 Å². The van der Waals surface area contributed by atoms with Gasteiger partial charge >= 0.3 is 5.97 Å². The fraction of sp³-hybridized carbons (Fsp3) is 0.929. The molecule has 0 saturated heterocycles. The Morgan fingerprint density at radius 2 is 1.94 bits per heavy atom. The Bertz CT molecular complexity index is 253. The average molecular weight is 241 g/mol. The highest BCUT2D eigenvalue weighted by Gasteiger charge is 2.30. The molecule has 0 amide bonds. The molecule has 0 heterocycles. The molecule has 0 aliphatic heterocycles. The van der Waals surface area contributed by atoms with Crippen molar-refractivity contribution in [3.63, 3.8) is 0 Å². The first kappa shape index (κ1) is 14.5. The van der Waals surface area contributed by atoms with Crippen molar-refractivity contribution in [2.45, 2.75) is 65.0 Å². The molecule has 0 radical (unpaired) electrons. The molecule has 1 unspecified atom stereocenters. The van der Waals surface area contributed by atoms with E-state index in [9.17, 15) is 4.79 Å². The molecule has 100 valence electrons. The second kappa shape index (κ2) is 5.85. The minimum atomic E-state index is -0.111. The van der Waals surface area contributed by atoms with Crippen molar-refractivity contribution in [2.75, 3.05) is 14.2 Å². The molecule has 1 atom stereocenters. The summed E-state index contributed by atoms with van der Waals surface area (Å²) in [6, 6.07) is 0.899. The van der Waals surface area contributed by atoms with Gasteiger partial charge in [0.25, 0.3) is 0 Å². The van der Waals surface area contributed by atoms with Crippen LogP contribution in [0, 0.1) is 5.41 Å². The predicted octanol–water partition coefficient (Wildman–Crippen LogP) is 2.84. The number of carbonyl (C=O) groups excluding carboxylic acids is 1. The van der Waals surface area contributed by atoms with Gasteiger partial charge in [-0.05, 0) is 45.1 Å². The Balaban J connectivity index is 2.42. The lowest BCUT2D eigenvalue weighted by atomic mass is 9.75. The maximum Gasteiger partial charge on any atom is 0.307 e. The molecule has 0 aromatic rings. The molecule has 0 aromatic heterocycles. The van der Waals surface area contributed by atoms with Crippen molar-refractivity contribution in [3.05, 3.63) is 0 Å². The highest BCUT2D eigenvalue weighted by Crippen LogP contribution is 2.37. The van der Waals surface area contributed by atoms with Crippen molar-refractivity contribution >= 4 is 5.97 Å². The van der Waals surface area contributed by atoms with Gasteiger partial charge < -0.3 is 9.64 Å². The van der Waals surface area contributed by atoms with Crippen LogP contribution in [0.15, 0.2) is 0 Å². The first-order valence-corrected chi connectivity index (χ1v) is 6.64. The summed E-state index contributed by atoms with van der Waals surface area (Å²) in [5.74, 6) is -0.111. The number of esters is 1. The fourth-order valence-corrected chi connectivity index (χ4v) is 2.62. The normalized spacial score (nSPS) is 22.5. The van der Waals surface area contributed by atoms with Gasteiger partial charge in [-0.15, -0.1) is 0 Å². The molecule has 1 saturated carbocycles. The van der Waals surface area contributed by atoms with Gasteiger partial charge in [-0.1, -0.05) is 13.8 Å². The molecular weight excluding hydrogens is 214 g/mol. The summed E-state index contributed by atoms with van der Waals surface area (Å²) < 4.78 is 4.73. The first-order valence-electron chi connectivity index (χ1n) is 6.64. The van der Waals surface area contributed by atoms with E-state index in [0.29, 0.717) is 17.9 Å². The summed E-state index contributed by atoms with van der Waals surface area (Å²) in [7, 11) is 3.59. The fourth-order valence-electron chi connectivity index (χ4n) is 2.62. The number of nitrogens with zero attached hydrogens (tertiary/aromatic N) is 1. The van der Waals surface area contributed by atoms with Gasteiger partial charge in [0, 0.05) is 12.1 Å². The Morgan fingerprint density at radius 3 is 2.41 bits per heavy atom. The van der Waals surface area contributed by atoms with Crippen LogP contribution in [-0.4, -0.2) is 37.1 Å². The average Bonchev–Trinajstić information content (AvgIpc) is 2.27. The van der Waals surface area contributed by atoms with E-state index >= 15 is 0 Å². The van der Waals surface area contributed by atoms with Crippen LogP contribution < -0.4 is 0 Å². The van der Waals surface area contributed by atoms with Crippen LogP contribution in [0.1, 0.15) is 52.9 Å². The van der Waals surface area contributed by atoms with E-state index in [1.807, 2.05) is 0 Å². The highest BCUT2D eigenvalue weighted by atomic mass is 16.5. The second-order valence-electron chi connectivity index (χ2n) is 6.19. The lowest BCUT2D eigenvalue weighted by Gasteiger charge is -2.40. The van der Waals surface area contributed by atoms with Crippen LogP contribution in [0.3, 0.4) is 0 Å². The molecule has 17 heavy (non-hydrogen) atoms. The summed E-state index contributed by atoms with van der Waals surface area (Å²) in [4.78, 5) is 13.6. The van der Waals surface area contributed by atoms with Gasteiger partial charge in [-0.3, -0.25) is 4.79 Å². The zero-order valence-electron chi connectivity index (χ0n) is 12.0. The third-order valence-electron chi connectivity index (χ3n) is 4.27. The molecule has 3 nitrogen and oxygen atoms in total. The first-order chi connectivity index (χ1) is 7.85. The third-order valence-corrected chi connectivity index (χ3v) is 4.27. The molecule has 1 aliphatic rings. The van der Waals surface area contributed by atoms with E-state index < -0.39 is 0 Å². The predicted molar refractivity (Wildman–Crippen MR) is 69.9 cm³/mol. The molecule has 0 spiro atoms. The third kappa shape index (κ3) is 4.30. The molecule has 3 heteroatoms. The number of methoxy groups -OCH3 is 1. The lowest BCUT2D eigenvalue weighted by Crippen LogP contribution is -2.42. The van der Waals surface area contributed by atoms with Gasteiger partial charge in [0.1, 0.15) is 0 Å². The number of hydrogen-bond acceptors (Lipinski definition) is 3. The summed E-state index contributed by atoms with van der Waals surface area (Å²) in [6.07, 6.45) is 5.55. The van der Waals surface area contributed by atoms with Gasteiger partial charge in [0.2, 0.25) is 0 Å². The summed E-state index contributed by atoms with van der Waals surface area (Å²) in [5, 5.41) is 0. The minimum absolute atomic E-state index is 0.111. The van der Waals surface area contributed by atoms with Crippen LogP contribution in [0.25, 0.3) is 0 Å². The monoisotopic (exact) mass is 241 g/mol. The van der Waals surface area contributed by atoms with Gasteiger partial charge in [-0.25, -0.2) is 0 Å². The number of rotatable bonds is 4. The maximum atomic E-state index is 11.3. The van der Waals surface area contributed by atoms with Crippen LogP contribution >= 0.6 is 0 Å². The van der Waals surface area contributed by atoms with Crippen LogP contribution in [0.5, 0.6) is 0 Å². The molecule has 1 fully saturated rings. The highest BCUT2D eigenvalue weighted by molar-refractivity contribution is 5.69. The lowest BCUT2D eigenvalue weighted by molar-refractivity contribution is -0.142. The second-order valence-corrected chi connectivity index (χ2v) is 6.19. The van der Waals surface area contributed by atoms with Gasteiger partial charge in [0.15, 0.2) is 0 Å². The van der Waals surface area contributed by atoms with Crippen molar-refractivity contribution in [1.82, 2.24) is 4.90 Å². The molecule has 0 bridgehead atoms. The van der Waals surface area contributed by atoms with Crippen molar-refractivity contribution in [2.24, 2.45) is 5.41 Å². The largest absolute Gasteiger partial charge is 0.469 e. The zero-order chi connectivity index (χ0) is 13.1. The Labute approximate surface area is 106 Å². The van der Waals surface area contributed by atoms with Crippen LogP contribution in [0.4, 0.5) is 0 Å². The van der Waals surface area contributed by atoms with Gasteiger partial charge in [0.05, 0.1) is 13.5 Å². The van der Waals surface area contributed by atoms with Crippen molar-refractivity contribution < 1.29 is 9.53 Å². The molecule has 1 rings (SSSR count). The standard InChI is InChI=1S/C14H27NO2/c1-11(10-13(16)17-5)15(4)12-6-8-14(2,3)9-7-12/h11-12H,6-10H2,1-5H3. The minimum Gasteiger partial charge on any atom is -0.469 e. The molecule has 0 N–H and O–H groups in total. The molecule has 1 aliphatic carbocycles. The zero-order valence-corrected chi connectivity index (χ0v) is 12.0. The quantitative estimate of drug-likeness (QED) is 0.709. The number of ether oxygens (including phenoxy) is 1. The van der Waals surface area contributed by atoms with E-state index in [2.05, 4.69) is 32.7 Å². The Hall–Kier alpha value is -0.570. The Kier molecular flexibility index (Phi) is 4.99. The van der Waals surface area contributed by atoms with Gasteiger partial charge in [-0.2, -0.15) is 0 Å². The van der Waals surface area contributed by atoms with E-state index in [-0.39, 0.29) is 12.0 Å². The van der Waals surface area contributed by atoms with Crippen molar-refractivity contribution in [1.29, 1.82) is 0 Å². The SMILES string of the molecule is COC(=O)CC(C)N(C)C1CCC(C)(C)CC1. The Morgan fingerprint density at radius 1 is 1.41 bits per heavy atom. The number of hydrogen-bond donors (Lipinski definition) is 0. The van der Waals surface area contributed by atoms with E-state index in [0.717, 1.165) is 0 Å². The van der Waals surface area contributed by atoms with Crippen LogP contribution in [-0.2, 0) is 9.53 Å². The van der Waals surface area contributed by atoms with E-state index in [4.69, 9.17) is 4.74 Å². The van der Waals surface area contributed by atoms with Crippen LogP contribution in [0.2, 0.25) is 0 Å². The smallest absolute Gasteiger partial charge is 0.307 e. The molecule has 0 aromatic carbocycles. The van der Waals surface area contributed by atoms with Crippen molar-refractivity contribution in [3.8, 4) is 0 Å².